The molecule has 0 aliphatic carbocycles. The number of hydrogen-bond acceptors (Lipinski definition) is 3. The highest BCUT2D eigenvalue weighted by Gasteiger charge is 2.16. The zero-order chi connectivity index (χ0) is 14.8. The van der Waals surface area contributed by atoms with E-state index in [9.17, 15) is 0 Å². The van der Waals surface area contributed by atoms with Crippen molar-refractivity contribution in [2.45, 2.75) is 25.9 Å². The van der Waals surface area contributed by atoms with Crippen LogP contribution in [0.5, 0.6) is 0 Å². The Labute approximate surface area is 132 Å². The topological polar surface area (TPSA) is 56.7 Å². The Morgan fingerprint density at radius 2 is 2.14 bits per heavy atom. The first-order valence-electron chi connectivity index (χ1n) is 7.02. The molecule has 1 aromatic carbocycles. The minimum absolute atomic E-state index is 0.283. The fourth-order valence-corrected chi connectivity index (χ4v) is 2.95. The standard InChI is InChI=1S/C16H17BrN4/c1-2-7-21-10-12(9-19-21)15(18)16-13(17)8-11-5-3-4-6-14(11)20-16/h3-6,8-10,15H,2,7,18H2,1H3. The largest absolute Gasteiger partial charge is 0.319 e. The summed E-state index contributed by atoms with van der Waals surface area (Å²) in [4.78, 5) is 4.70. The Balaban J connectivity index is 1.99. The predicted molar refractivity (Wildman–Crippen MR) is 88.0 cm³/mol. The van der Waals surface area contributed by atoms with Gasteiger partial charge in [0.15, 0.2) is 0 Å². The van der Waals surface area contributed by atoms with Crippen molar-refractivity contribution in [3.63, 3.8) is 0 Å². The predicted octanol–water partition coefficient (Wildman–Crippen LogP) is 3.65. The van der Waals surface area contributed by atoms with Gasteiger partial charge in [-0.25, -0.2) is 4.98 Å². The van der Waals surface area contributed by atoms with Crippen molar-refractivity contribution >= 4 is 26.8 Å². The first kappa shape index (κ1) is 14.2. The van der Waals surface area contributed by atoms with E-state index in [-0.39, 0.29) is 6.04 Å². The van der Waals surface area contributed by atoms with Crippen LogP contribution in [-0.2, 0) is 6.54 Å². The fraction of sp³-hybridized carbons (Fsp3) is 0.250. The van der Waals surface area contributed by atoms with Crippen LogP contribution in [0.1, 0.15) is 30.6 Å². The molecule has 0 saturated heterocycles. The van der Waals surface area contributed by atoms with Crippen LogP contribution >= 0.6 is 15.9 Å². The Kier molecular flexibility index (Phi) is 4.03. The van der Waals surface area contributed by atoms with E-state index >= 15 is 0 Å². The molecule has 0 fully saturated rings. The molecule has 0 aliphatic heterocycles. The maximum atomic E-state index is 6.37. The van der Waals surface area contributed by atoms with E-state index < -0.39 is 0 Å². The van der Waals surface area contributed by atoms with Crippen molar-refractivity contribution in [3.8, 4) is 0 Å². The highest BCUT2D eigenvalue weighted by atomic mass is 79.9. The molecule has 4 nitrogen and oxygen atoms in total. The van der Waals surface area contributed by atoms with Crippen LogP contribution in [0, 0.1) is 0 Å². The number of aromatic nitrogens is 3. The normalized spacial score (nSPS) is 12.7. The average Bonchev–Trinajstić information content (AvgIpc) is 2.95. The third-order valence-corrected chi connectivity index (χ3v) is 4.10. The molecule has 0 amide bonds. The lowest BCUT2D eigenvalue weighted by molar-refractivity contribution is 0.601. The minimum atomic E-state index is -0.283. The van der Waals surface area contributed by atoms with E-state index in [0.717, 1.165) is 39.6 Å². The van der Waals surface area contributed by atoms with E-state index in [1.807, 2.05) is 41.3 Å². The maximum absolute atomic E-state index is 6.37. The quantitative estimate of drug-likeness (QED) is 0.785. The maximum Gasteiger partial charge on any atom is 0.0769 e. The third kappa shape index (κ3) is 2.84. The molecular formula is C16H17BrN4. The van der Waals surface area contributed by atoms with E-state index in [4.69, 9.17) is 10.7 Å². The number of fused-ring (bicyclic) bond motifs is 1. The molecule has 0 saturated carbocycles. The summed E-state index contributed by atoms with van der Waals surface area (Å²) in [6.45, 7) is 3.03. The molecule has 2 N–H and O–H groups in total. The molecule has 1 atom stereocenters. The SMILES string of the molecule is CCCn1cc(C(N)c2nc3ccccc3cc2Br)cn1. The number of hydrogen-bond donors (Lipinski definition) is 1. The second kappa shape index (κ2) is 5.95. The third-order valence-electron chi connectivity index (χ3n) is 3.46. The molecule has 0 aliphatic rings. The van der Waals surface area contributed by atoms with E-state index in [1.165, 1.54) is 0 Å². The summed E-state index contributed by atoms with van der Waals surface area (Å²) in [6, 6.07) is 9.81. The number of rotatable bonds is 4. The van der Waals surface area contributed by atoms with E-state index in [2.05, 4.69) is 34.0 Å². The van der Waals surface area contributed by atoms with Crippen LogP contribution in [0.4, 0.5) is 0 Å². The van der Waals surface area contributed by atoms with Crippen LogP contribution in [0.15, 0.2) is 47.2 Å². The zero-order valence-electron chi connectivity index (χ0n) is 11.8. The van der Waals surface area contributed by atoms with Gasteiger partial charge in [-0.05, 0) is 34.5 Å². The van der Waals surface area contributed by atoms with Crippen molar-refractivity contribution < 1.29 is 0 Å². The lowest BCUT2D eigenvalue weighted by Crippen LogP contribution is -2.14. The van der Waals surface area contributed by atoms with Gasteiger partial charge in [0.2, 0.25) is 0 Å². The van der Waals surface area contributed by atoms with Crippen molar-refractivity contribution in [1.29, 1.82) is 0 Å². The summed E-state index contributed by atoms with van der Waals surface area (Å²) in [7, 11) is 0. The summed E-state index contributed by atoms with van der Waals surface area (Å²) < 4.78 is 2.85. The number of pyridine rings is 1. The second-order valence-corrected chi connectivity index (χ2v) is 5.92. The Hall–Kier alpha value is -1.72. The summed E-state index contributed by atoms with van der Waals surface area (Å²) in [5, 5.41) is 5.44. The monoisotopic (exact) mass is 344 g/mol. The smallest absolute Gasteiger partial charge is 0.0769 e. The molecule has 108 valence electrons. The first-order valence-corrected chi connectivity index (χ1v) is 7.81. The molecule has 2 aromatic heterocycles. The Morgan fingerprint density at radius 1 is 1.33 bits per heavy atom. The van der Waals surface area contributed by atoms with Crippen molar-refractivity contribution in [2.24, 2.45) is 5.73 Å². The van der Waals surface area contributed by atoms with Crippen LogP contribution in [0.3, 0.4) is 0 Å². The molecule has 5 heteroatoms. The van der Waals surface area contributed by atoms with Crippen LogP contribution in [0.25, 0.3) is 10.9 Å². The molecule has 0 bridgehead atoms. The van der Waals surface area contributed by atoms with Gasteiger partial charge in [0.25, 0.3) is 0 Å². The van der Waals surface area contributed by atoms with Gasteiger partial charge in [0, 0.05) is 28.2 Å². The number of benzene rings is 1. The lowest BCUT2D eigenvalue weighted by Gasteiger charge is -2.12. The number of halogens is 1. The summed E-state index contributed by atoms with van der Waals surface area (Å²) in [5.41, 5.74) is 9.14. The summed E-state index contributed by atoms with van der Waals surface area (Å²) >= 11 is 3.58. The zero-order valence-corrected chi connectivity index (χ0v) is 13.4. The molecule has 21 heavy (non-hydrogen) atoms. The highest BCUT2D eigenvalue weighted by Crippen LogP contribution is 2.28. The van der Waals surface area contributed by atoms with Gasteiger partial charge in [0.1, 0.15) is 0 Å². The van der Waals surface area contributed by atoms with Crippen molar-refractivity contribution in [3.05, 3.63) is 58.5 Å². The van der Waals surface area contributed by atoms with Gasteiger partial charge in [-0.15, -0.1) is 0 Å². The van der Waals surface area contributed by atoms with Crippen molar-refractivity contribution in [2.75, 3.05) is 0 Å². The first-order chi connectivity index (χ1) is 10.2. The fourth-order valence-electron chi connectivity index (χ4n) is 2.37. The second-order valence-electron chi connectivity index (χ2n) is 5.06. The van der Waals surface area contributed by atoms with Gasteiger partial charge in [-0.2, -0.15) is 5.10 Å². The Bertz CT molecular complexity index is 766. The molecule has 0 spiro atoms. The molecule has 3 aromatic rings. The molecule has 2 heterocycles. The van der Waals surface area contributed by atoms with E-state index in [0.29, 0.717) is 0 Å². The van der Waals surface area contributed by atoms with Gasteiger partial charge in [-0.1, -0.05) is 25.1 Å². The minimum Gasteiger partial charge on any atom is -0.319 e. The van der Waals surface area contributed by atoms with Crippen LogP contribution < -0.4 is 5.73 Å². The van der Waals surface area contributed by atoms with Crippen LogP contribution in [0.2, 0.25) is 0 Å². The summed E-state index contributed by atoms with van der Waals surface area (Å²) in [5.74, 6) is 0. The number of para-hydroxylation sites is 1. The molecule has 1 unspecified atom stereocenters. The number of nitrogens with zero attached hydrogens (tertiary/aromatic N) is 3. The van der Waals surface area contributed by atoms with Gasteiger partial charge >= 0.3 is 0 Å². The number of nitrogens with two attached hydrogens (primary N) is 1. The van der Waals surface area contributed by atoms with Crippen LogP contribution in [-0.4, -0.2) is 14.8 Å². The molecular weight excluding hydrogens is 328 g/mol. The molecule has 3 rings (SSSR count). The Morgan fingerprint density at radius 3 is 2.95 bits per heavy atom. The average molecular weight is 345 g/mol. The number of aryl methyl sites for hydroxylation is 1. The summed E-state index contributed by atoms with van der Waals surface area (Å²) in [6.07, 6.45) is 4.87. The highest BCUT2D eigenvalue weighted by molar-refractivity contribution is 9.10. The van der Waals surface area contributed by atoms with E-state index in [1.54, 1.807) is 0 Å². The molecule has 0 radical (unpaired) electrons. The van der Waals surface area contributed by atoms with Gasteiger partial charge < -0.3 is 5.73 Å². The van der Waals surface area contributed by atoms with Crippen molar-refractivity contribution in [1.82, 2.24) is 14.8 Å². The lowest BCUT2D eigenvalue weighted by atomic mass is 10.1. The van der Waals surface area contributed by atoms with Gasteiger partial charge in [0.05, 0.1) is 23.4 Å². The van der Waals surface area contributed by atoms with Gasteiger partial charge in [-0.3, -0.25) is 4.68 Å².